The molecule has 3 N–H and O–H groups in total. The lowest BCUT2D eigenvalue weighted by atomic mass is 9.94. The molecule has 1 aliphatic carbocycles. The average molecular weight is 178 g/mol. The van der Waals surface area contributed by atoms with Crippen molar-refractivity contribution < 1.29 is 5.11 Å². The molecule has 2 unspecified atom stereocenters. The molecule has 0 aliphatic heterocycles. The van der Waals surface area contributed by atoms with Gasteiger partial charge in [-0.25, -0.2) is 0 Å². The van der Waals surface area contributed by atoms with Gasteiger partial charge < -0.3 is 10.8 Å². The second-order valence-corrected chi connectivity index (χ2v) is 3.78. The maximum absolute atomic E-state index is 10.2. The molecule has 1 heterocycles. The highest BCUT2D eigenvalue weighted by Crippen LogP contribution is 2.37. The van der Waals surface area contributed by atoms with Crippen LogP contribution in [0.2, 0.25) is 0 Å². The van der Waals surface area contributed by atoms with Gasteiger partial charge in [-0.3, -0.25) is 4.98 Å². The zero-order valence-electron chi connectivity index (χ0n) is 7.48. The van der Waals surface area contributed by atoms with Gasteiger partial charge in [-0.2, -0.15) is 0 Å². The zero-order valence-corrected chi connectivity index (χ0v) is 7.48. The summed E-state index contributed by atoms with van der Waals surface area (Å²) in [6.45, 7) is 0. The van der Waals surface area contributed by atoms with E-state index in [9.17, 15) is 5.11 Å². The summed E-state index contributed by atoms with van der Waals surface area (Å²) in [6.07, 6.45) is 5.73. The number of aromatic nitrogens is 1. The normalized spacial score (nSPS) is 33.5. The largest absolute Gasteiger partial charge is 0.385 e. The fourth-order valence-electron chi connectivity index (χ4n) is 1.96. The number of nitrogens with two attached hydrogens (primary N) is 1. The molecule has 0 saturated heterocycles. The van der Waals surface area contributed by atoms with Gasteiger partial charge in [0.1, 0.15) is 0 Å². The predicted molar refractivity (Wildman–Crippen MR) is 50.0 cm³/mol. The molecule has 0 amide bonds. The summed E-state index contributed by atoms with van der Waals surface area (Å²) < 4.78 is 0. The molecule has 70 valence electrons. The van der Waals surface area contributed by atoms with Crippen molar-refractivity contribution in [3.63, 3.8) is 0 Å². The first-order chi connectivity index (χ1) is 6.21. The number of hydrogen-bond donors (Lipinski definition) is 2. The maximum atomic E-state index is 10.2. The number of rotatable bonds is 1. The van der Waals surface area contributed by atoms with E-state index in [2.05, 4.69) is 4.98 Å². The van der Waals surface area contributed by atoms with E-state index in [-0.39, 0.29) is 6.04 Å². The van der Waals surface area contributed by atoms with E-state index < -0.39 is 5.60 Å². The van der Waals surface area contributed by atoms with Gasteiger partial charge in [-0.15, -0.1) is 0 Å². The van der Waals surface area contributed by atoms with Crippen molar-refractivity contribution in [2.45, 2.75) is 30.9 Å². The monoisotopic (exact) mass is 178 g/mol. The Bertz CT molecular complexity index is 288. The van der Waals surface area contributed by atoms with Gasteiger partial charge in [0, 0.05) is 24.0 Å². The summed E-state index contributed by atoms with van der Waals surface area (Å²) in [4.78, 5) is 4.00. The number of aliphatic hydroxyl groups is 1. The van der Waals surface area contributed by atoms with Crippen molar-refractivity contribution in [1.82, 2.24) is 4.98 Å². The number of hydrogen-bond acceptors (Lipinski definition) is 3. The number of nitrogens with zero attached hydrogens (tertiary/aromatic N) is 1. The van der Waals surface area contributed by atoms with Crippen LogP contribution < -0.4 is 5.73 Å². The molecule has 1 aromatic rings. The van der Waals surface area contributed by atoms with E-state index in [0.29, 0.717) is 6.42 Å². The Kier molecular flexibility index (Phi) is 2.06. The summed E-state index contributed by atoms with van der Waals surface area (Å²) in [5.41, 5.74) is 5.93. The third kappa shape index (κ3) is 1.57. The minimum Gasteiger partial charge on any atom is -0.385 e. The van der Waals surface area contributed by atoms with Crippen LogP contribution >= 0.6 is 0 Å². The van der Waals surface area contributed by atoms with Crippen LogP contribution in [0.5, 0.6) is 0 Å². The molecule has 0 spiro atoms. The van der Waals surface area contributed by atoms with Crippen molar-refractivity contribution in [3.8, 4) is 0 Å². The highest BCUT2D eigenvalue weighted by molar-refractivity contribution is 5.20. The van der Waals surface area contributed by atoms with Crippen LogP contribution in [0.1, 0.15) is 24.8 Å². The van der Waals surface area contributed by atoms with Gasteiger partial charge in [0.05, 0.1) is 5.60 Å². The Balaban J connectivity index is 2.26. The van der Waals surface area contributed by atoms with Gasteiger partial charge in [0.25, 0.3) is 0 Å². The Morgan fingerprint density at radius 3 is 3.00 bits per heavy atom. The Labute approximate surface area is 77.6 Å². The first-order valence-corrected chi connectivity index (χ1v) is 4.59. The molecule has 13 heavy (non-hydrogen) atoms. The minimum absolute atomic E-state index is 0.130. The molecule has 0 bridgehead atoms. The molecule has 3 heteroatoms. The molecule has 1 saturated carbocycles. The quantitative estimate of drug-likeness (QED) is 0.668. The molecule has 2 rings (SSSR count). The molecule has 3 nitrogen and oxygen atoms in total. The first-order valence-electron chi connectivity index (χ1n) is 4.59. The molecule has 1 aromatic heterocycles. The maximum Gasteiger partial charge on any atom is 0.0926 e. The lowest BCUT2D eigenvalue weighted by Crippen LogP contribution is -2.25. The number of pyridine rings is 1. The van der Waals surface area contributed by atoms with E-state index in [1.54, 1.807) is 12.4 Å². The van der Waals surface area contributed by atoms with Crippen LogP contribution in [0, 0.1) is 0 Å². The molecule has 1 aliphatic rings. The second-order valence-electron chi connectivity index (χ2n) is 3.78. The molecule has 1 fully saturated rings. The molecule has 0 radical (unpaired) electrons. The Hall–Kier alpha value is -0.930. The van der Waals surface area contributed by atoms with Gasteiger partial charge in [-0.05, 0) is 25.3 Å². The minimum atomic E-state index is -0.728. The van der Waals surface area contributed by atoms with Crippen LogP contribution in [0.4, 0.5) is 0 Å². The van der Waals surface area contributed by atoms with Crippen LogP contribution in [-0.4, -0.2) is 16.1 Å². The summed E-state index contributed by atoms with van der Waals surface area (Å²) in [7, 11) is 0. The smallest absolute Gasteiger partial charge is 0.0926 e. The van der Waals surface area contributed by atoms with Crippen LogP contribution in [-0.2, 0) is 5.60 Å². The molecular formula is C10H14N2O. The molecule has 2 atom stereocenters. The predicted octanol–water partition coefficient (Wildman–Crippen LogP) is 0.780. The highest BCUT2D eigenvalue weighted by Gasteiger charge is 2.37. The van der Waals surface area contributed by atoms with E-state index in [1.165, 1.54) is 0 Å². The van der Waals surface area contributed by atoms with Gasteiger partial charge in [0.15, 0.2) is 0 Å². The summed E-state index contributed by atoms with van der Waals surface area (Å²) in [5, 5.41) is 10.2. The lowest BCUT2D eigenvalue weighted by Gasteiger charge is -2.22. The van der Waals surface area contributed by atoms with Crippen molar-refractivity contribution in [2.24, 2.45) is 5.73 Å². The lowest BCUT2D eigenvalue weighted by molar-refractivity contribution is 0.0427. The standard InChI is InChI=1S/C10H14N2O/c11-9-3-4-10(13,6-9)8-2-1-5-12-7-8/h1-2,5,7,9,13H,3-4,6,11H2. The van der Waals surface area contributed by atoms with Gasteiger partial charge in [0.2, 0.25) is 0 Å². The first kappa shape index (κ1) is 8.66. The molecule has 0 aromatic carbocycles. The van der Waals surface area contributed by atoms with Crippen LogP contribution in [0.3, 0.4) is 0 Å². The highest BCUT2D eigenvalue weighted by atomic mass is 16.3. The second kappa shape index (κ2) is 3.09. The zero-order chi connectivity index (χ0) is 9.31. The van der Waals surface area contributed by atoms with Crippen molar-refractivity contribution in [1.29, 1.82) is 0 Å². The van der Waals surface area contributed by atoms with Crippen molar-refractivity contribution in [3.05, 3.63) is 30.1 Å². The Morgan fingerprint density at radius 2 is 2.46 bits per heavy atom. The van der Waals surface area contributed by atoms with Crippen LogP contribution in [0.25, 0.3) is 0 Å². The van der Waals surface area contributed by atoms with E-state index in [0.717, 1.165) is 18.4 Å². The molecular weight excluding hydrogens is 164 g/mol. The van der Waals surface area contributed by atoms with Crippen molar-refractivity contribution >= 4 is 0 Å². The van der Waals surface area contributed by atoms with Gasteiger partial charge >= 0.3 is 0 Å². The SMILES string of the molecule is NC1CCC(O)(c2cccnc2)C1. The van der Waals surface area contributed by atoms with E-state index in [1.807, 2.05) is 12.1 Å². The van der Waals surface area contributed by atoms with E-state index in [4.69, 9.17) is 5.73 Å². The third-order valence-electron chi connectivity index (χ3n) is 2.73. The summed E-state index contributed by atoms with van der Waals surface area (Å²) in [5.74, 6) is 0. The summed E-state index contributed by atoms with van der Waals surface area (Å²) in [6, 6.07) is 3.88. The van der Waals surface area contributed by atoms with E-state index >= 15 is 0 Å². The topological polar surface area (TPSA) is 59.1 Å². The van der Waals surface area contributed by atoms with Gasteiger partial charge in [-0.1, -0.05) is 6.07 Å². The third-order valence-corrected chi connectivity index (χ3v) is 2.73. The van der Waals surface area contributed by atoms with Crippen LogP contribution in [0.15, 0.2) is 24.5 Å². The summed E-state index contributed by atoms with van der Waals surface area (Å²) >= 11 is 0. The van der Waals surface area contributed by atoms with Crippen molar-refractivity contribution in [2.75, 3.05) is 0 Å². The average Bonchev–Trinajstić information content (AvgIpc) is 2.49. The Morgan fingerprint density at radius 1 is 1.62 bits per heavy atom. The fraction of sp³-hybridized carbons (Fsp3) is 0.500. The fourth-order valence-corrected chi connectivity index (χ4v) is 1.96.